The molecule has 7 heteroatoms. The number of benzene rings is 1. The number of carboxylic acid groups (broad SMARTS) is 1. The van der Waals surface area contributed by atoms with Gasteiger partial charge in [0.15, 0.2) is 0 Å². The predicted molar refractivity (Wildman–Crippen MR) is 67.7 cm³/mol. The second kappa shape index (κ2) is 5.40. The minimum Gasteiger partial charge on any atom is -0.476 e. The highest BCUT2D eigenvalue weighted by atomic mass is 79.9. The Morgan fingerprint density at radius 1 is 1.58 bits per heavy atom. The molecule has 5 nitrogen and oxygen atoms in total. The second-order valence-electron chi connectivity index (χ2n) is 3.52. The van der Waals surface area contributed by atoms with Crippen molar-refractivity contribution in [3.8, 4) is 17.4 Å². The summed E-state index contributed by atoms with van der Waals surface area (Å²) >= 11 is 3.02. The van der Waals surface area contributed by atoms with Crippen LogP contribution in [0.2, 0.25) is 0 Å². The number of hydrogen-bond donors (Lipinski definition) is 1. The van der Waals surface area contributed by atoms with Gasteiger partial charge >= 0.3 is 11.9 Å². The van der Waals surface area contributed by atoms with Crippen LogP contribution in [-0.2, 0) is 0 Å². The molecule has 1 heterocycles. The molecule has 0 radical (unpaired) electrons. The summed E-state index contributed by atoms with van der Waals surface area (Å²) in [5, 5.41) is 8.97. The molecule has 0 bridgehead atoms. The molecule has 0 atom stereocenters. The lowest BCUT2D eigenvalue weighted by atomic mass is 10.2. The van der Waals surface area contributed by atoms with Crippen LogP contribution in [0.15, 0.2) is 27.1 Å². The topological polar surface area (TPSA) is 72.6 Å². The maximum atomic E-state index is 13.4. The van der Waals surface area contributed by atoms with Crippen LogP contribution >= 0.6 is 15.9 Å². The highest BCUT2D eigenvalue weighted by Crippen LogP contribution is 2.29. The molecule has 2 aromatic rings. The fraction of sp³-hybridized carbons (Fsp3) is 0.167. The number of halogens is 2. The normalized spacial score (nSPS) is 10.5. The van der Waals surface area contributed by atoms with E-state index in [1.54, 1.807) is 13.0 Å². The molecule has 0 amide bonds. The molecule has 1 aromatic heterocycles. The second-order valence-corrected chi connectivity index (χ2v) is 4.38. The van der Waals surface area contributed by atoms with Gasteiger partial charge in [0, 0.05) is 5.56 Å². The van der Waals surface area contributed by atoms with E-state index >= 15 is 0 Å². The quantitative estimate of drug-likeness (QED) is 0.931. The Kier molecular flexibility index (Phi) is 3.84. The Bertz CT molecular complexity index is 626. The third-order valence-corrected chi connectivity index (χ3v) is 2.88. The van der Waals surface area contributed by atoms with Crippen LogP contribution in [0.4, 0.5) is 4.39 Å². The van der Waals surface area contributed by atoms with Crippen LogP contribution in [0.25, 0.3) is 11.5 Å². The molecule has 0 aliphatic carbocycles. The van der Waals surface area contributed by atoms with Gasteiger partial charge in [-0.15, -0.1) is 0 Å². The first-order valence-electron chi connectivity index (χ1n) is 5.35. The number of nitrogens with zero attached hydrogens (tertiary/aromatic N) is 1. The molecule has 1 aromatic carbocycles. The number of aromatic carboxylic acids is 1. The van der Waals surface area contributed by atoms with Crippen LogP contribution in [0.3, 0.4) is 0 Å². The van der Waals surface area contributed by atoms with Crippen molar-refractivity contribution in [1.29, 1.82) is 0 Å². The van der Waals surface area contributed by atoms with Crippen molar-refractivity contribution in [2.75, 3.05) is 6.61 Å². The molecule has 0 aliphatic rings. The third kappa shape index (κ3) is 2.76. The monoisotopic (exact) mass is 329 g/mol. The minimum atomic E-state index is -1.27. The Morgan fingerprint density at radius 3 is 2.89 bits per heavy atom. The first-order valence-corrected chi connectivity index (χ1v) is 6.14. The molecule has 0 spiro atoms. The summed E-state index contributed by atoms with van der Waals surface area (Å²) in [4.78, 5) is 14.8. The van der Waals surface area contributed by atoms with Gasteiger partial charge in [0.05, 0.1) is 11.1 Å². The van der Waals surface area contributed by atoms with E-state index < -0.39 is 11.8 Å². The maximum Gasteiger partial charge on any atom is 0.362 e. The van der Waals surface area contributed by atoms with Gasteiger partial charge in [-0.2, -0.15) is 4.98 Å². The number of carboxylic acids is 1. The van der Waals surface area contributed by atoms with E-state index in [0.717, 1.165) is 0 Å². The van der Waals surface area contributed by atoms with Crippen molar-refractivity contribution >= 4 is 21.9 Å². The van der Waals surface area contributed by atoms with Crippen LogP contribution < -0.4 is 4.74 Å². The van der Waals surface area contributed by atoms with Gasteiger partial charge in [0.25, 0.3) is 0 Å². The van der Waals surface area contributed by atoms with Crippen molar-refractivity contribution in [2.45, 2.75) is 6.92 Å². The summed E-state index contributed by atoms with van der Waals surface area (Å²) in [5.74, 6) is -1.96. The average molecular weight is 330 g/mol. The van der Waals surface area contributed by atoms with Crippen molar-refractivity contribution in [1.82, 2.24) is 4.98 Å². The summed E-state index contributed by atoms with van der Waals surface area (Å²) in [5.41, 5.74) is -0.00525. The first kappa shape index (κ1) is 13.5. The van der Waals surface area contributed by atoms with Gasteiger partial charge in [0.1, 0.15) is 5.82 Å². The zero-order valence-electron chi connectivity index (χ0n) is 9.81. The van der Waals surface area contributed by atoms with Gasteiger partial charge in [-0.05, 0) is 41.1 Å². The maximum absolute atomic E-state index is 13.4. The van der Waals surface area contributed by atoms with Crippen LogP contribution in [0.5, 0.6) is 5.95 Å². The summed E-state index contributed by atoms with van der Waals surface area (Å²) in [6.45, 7) is 1.93. The lowest BCUT2D eigenvalue weighted by Crippen LogP contribution is -2.01. The Balaban J connectivity index is 2.47. The third-order valence-electron chi connectivity index (χ3n) is 2.24. The van der Waals surface area contributed by atoms with Crippen LogP contribution in [0.1, 0.15) is 17.4 Å². The molecule has 0 unspecified atom stereocenters. The van der Waals surface area contributed by atoms with E-state index in [1.807, 2.05) is 0 Å². The van der Waals surface area contributed by atoms with Crippen LogP contribution in [0, 0.1) is 5.82 Å². The van der Waals surface area contributed by atoms with Gasteiger partial charge in [-0.3, -0.25) is 0 Å². The minimum absolute atomic E-state index is 0.00718. The van der Waals surface area contributed by atoms with Gasteiger partial charge < -0.3 is 14.3 Å². The van der Waals surface area contributed by atoms with E-state index in [2.05, 4.69) is 20.9 Å². The molecular formula is C12H9BrFNO4. The molecule has 1 N–H and O–H groups in total. The van der Waals surface area contributed by atoms with Crippen molar-refractivity contribution in [2.24, 2.45) is 0 Å². The highest BCUT2D eigenvalue weighted by Gasteiger charge is 2.22. The zero-order chi connectivity index (χ0) is 14.0. The number of oxazole rings is 1. The Hall–Kier alpha value is -1.89. The number of aromatic nitrogens is 1. The van der Waals surface area contributed by atoms with Crippen molar-refractivity contribution in [3.05, 3.63) is 34.2 Å². The standard InChI is InChI=1S/C12H9BrFNO4/c1-2-18-12-9(11(16)17)15-10(19-12)6-3-4-7(13)8(14)5-6/h3-5H,2H2,1H3,(H,16,17). The largest absolute Gasteiger partial charge is 0.476 e. The SMILES string of the molecule is CCOc1oc(-c2ccc(Br)c(F)c2)nc1C(=O)O. The smallest absolute Gasteiger partial charge is 0.362 e. The van der Waals surface area contributed by atoms with E-state index in [0.29, 0.717) is 10.0 Å². The summed E-state index contributed by atoms with van der Waals surface area (Å²) in [7, 11) is 0. The lowest BCUT2D eigenvalue weighted by Gasteiger charge is -1.98. The molecule has 0 saturated heterocycles. The molecule has 0 saturated carbocycles. The predicted octanol–water partition coefficient (Wildman–Crippen LogP) is 3.34. The van der Waals surface area contributed by atoms with E-state index in [4.69, 9.17) is 14.3 Å². The summed E-state index contributed by atoms with van der Waals surface area (Å²) in [6.07, 6.45) is 0. The highest BCUT2D eigenvalue weighted by molar-refractivity contribution is 9.10. The molecule has 0 aliphatic heterocycles. The van der Waals surface area contributed by atoms with Crippen molar-refractivity contribution < 1.29 is 23.4 Å². The van der Waals surface area contributed by atoms with Crippen LogP contribution in [-0.4, -0.2) is 22.7 Å². The average Bonchev–Trinajstić information content (AvgIpc) is 2.77. The Labute approximate surface area is 116 Å². The molecular weight excluding hydrogens is 321 g/mol. The van der Waals surface area contributed by atoms with E-state index in [9.17, 15) is 9.18 Å². The van der Waals surface area contributed by atoms with Gasteiger partial charge in [-0.25, -0.2) is 9.18 Å². The number of rotatable bonds is 4. The first-order chi connectivity index (χ1) is 9.02. The number of ether oxygens (including phenoxy) is 1. The number of carbonyl (C=O) groups is 1. The van der Waals surface area contributed by atoms with Gasteiger partial charge in [-0.1, -0.05) is 0 Å². The van der Waals surface area contributed by atoms with E-state index in [-0.39, 0.29) is 24.1 Å². The molecule has 100 valence electrons. The molecule has 2 rings (SSSR count). The van der Waals surface area contributed by atoms with E-state index in [1.165, 1.54) is 12.1 Å². The molecule has 0 fully saturated rings. The zero-order valence-corrected chi connectivity index (χ0v) is 11.4. The van der Waals surface area contributed by atoms with Gasteiger partial charge in [0.2, 0.25) is 11.6 Å². The molecule has 19 heavy (non-hydrogen) atoms. The lowest BCUT2D eigenvalue weighted by molar-refractivity contribution is 0.0683. The number of hydrogen-bond acceptors (Lipinski definition) is 4. The Morgan fingerprint density at radius 2 is 2.32 bits per heavy atom. The fourth-order valence-electron chi connectivity index (χ4n) is 1.42. The van der Waals surface area contributed by atoms with Crippen molar-refractivity contribution in [3.63, 3.8) is 0 Å². The summed E-state index contributed by atoms with van der Waals surface area (Å²) < 4.78 is 24.0. The fourth-order valence-corrected chi connectivity index (χ4v) is 1.67. The summed E-state index contributed by atoms with van der Waals surface area (Å²) in [6, 6.07) is 4.23.